The van der Waals surface area contributed by atoms with Crippen molar-refractivity contribution in [3.63, 3.8) is 0 Å². The number of halogens is 3. The number of thioether (sulfide) groups is 1. The number of carbonyl (C=O) groups is 4. The largest absolute Gasteiger partial charge is 0.521 e. The maximum atomic E-state index is 13.0. The fraction of sp³-hybridized carbons (Fsp3) is 0.500. The number of likely N-dealkylation sites (tertiary alicyclic amines) is 1. The fourth-order valence-electron chi connectivity index (χ4n) is 3.64. The van der Waals surface area contributed by atoms with E-state index < -0.39 is 52.3 Å². The van der Waals surface area contributed by atoms with Crippen LogP contribution in [0.25, 0.3) is 0 Å². The molecule has 1 aliphatic rings. The highest BCUT2D eigenvalue weighted by Crippen LogP contribution is 2.34. The van der Waals surface area contributed by atoms with Crippen LogP contribution in [0.15, 0.2) is 24.3 Å². The lowest BCUT2D eigenvalue weighted by molar-refractivity contribution is -0.795. The van der Waals surface area contributed by atoms with Crippen molar-refractivity contribution in [1.82, 2.24) is 0 Å². The second-order valence-corrected chi connectivity index (χ2v) is 8.76. The third-order valence-corrected chi connectivity index (χ3v) is 6.31. The van der Waals surface area contributed by atoms with Crippen LogP contribution in [0.5, 0.6) is 0 Å². The molecule has 0 radical (unpaired) electrons. The summed E-state index contributed by atoms with van der Waals surface area (Å²) < 4.78 is 42.9. The number of amides is 2. The predicted molar refractivity (Wildman–Crippen MR) is 105 cm³/mol. The van der Waals surface area contributed by atoms with Crippen LogP contribution in [-0.2, 0) is 20.5 Å². The molecule has 1 aromatic carbocycles. The third kappa shape index (κ3) is 5.45. The summed E-state index contributed by atoms with van der Waals surface area (Å²) in [5.74, 6) is -2.28. The number of imide groups is 1. The van der Waals surface area contributed by atoms with Gasteiger partial charge in [-0.25, -0.2) is 9.59 Å². The van der Waals surface area contributed by atoms with Gasteiger partial charge in [0.15, 0.2) is 11.2 Å². The zero-order chi connectivity index (χ0) is 23.6. The SMILES string of the molecule is CC(=O)SCC(C)C(=O)[N@@+]1(C(=O)O)C[C@H](OC(=O)c2cccc(C(F)(F)F)c2)C[C@H]1C. The molecule has 1 N–H and O–H groups in total. The molecule has 1 saturated heterocycles. The molecule has 1 aromatic rings. The molecule has 2 amide bonds. The molecule has 0 spiro atoms. The van der Waals surface area contributed by atoms with E-state index in [1.807, 2.05) is 0 Å². The summed E-state index contributed by atoms with van der Waals surface area (Å²) in [4.78, 5) is 48.6. The van der Waals surface area contributed by atoms with Crippen molar-refractivity contribution in [2.75, 3.05) is 12.3 Å². The van der Waals surface area contributed by atoms with Gasteiger partial charge >= 0.3 is 24.1 Å². The van der Waals surface area contributed by atoms with E-state index in [2.05, 4.69) is 0 Å². The van der Waals surface area contributed by atoms with Crippen LogP contribution < -0.4 is 0 Å². The maximum Gasteiger partial charge on any atom is 0.521 e. The number of ether oxygens (including phenoxy) is 1. The summed E-state index contributed by atoms with van der Waals surface area (Å²) in [6.07, 6.45) is -6.96. The fourth-order valence-corrected chi connectivity index (χ4v) is 4.27. The number of carbonyl (C=O) groups excluding carboxylic acids is 3. The smallest absolute Gasteiger partial charge is 0.452 e. The minimum atomic E-state index is -4.63. The van der Waals surface area contributed by atoms with Crippen LogP contribution in [0, 0.1) is 5.92 Å². The monoisotopic (exact) mass is 462 g/mol. The number of quaternary nitrogens is 1. The number of hydrogen-bond donors (Lipinski definition) is 1. The summed E-state index contributed by atoms with van der Waals surface area (Å²) in [7, 11) is 0. The Balaban J connectivity index is 2.19. The van der Waals surface area contributed by atoms with Gasteiger partial charge in [0.2, 0.25) is 0 Å². The van der Waals surface area contributed by atoms with Crippen molar-refractivity contribution >= 4 is 34.8 Å². The van der Waals surface area contributed by atoms with E-state index in [4.69, 9.17) is 4.74 Å². The van der Waals surface area contributed by atoms with Crippen molar-refractivity contribution < 1.29 is 46.7 Å². The van der Waals surface area contributed by atoms with E-state index in [1.165, 1.54) is 26.8 Å². The molecule has 0 saturated carbocycles. The average Bonchev–Trinajstić information content (AvgIpc) is 3.01. The molecule has 7 nitrogen and oxygen atoms in total. The minimum Gasteiger partial charge on any atom is -0.452 e. The van der Waals surface area contributed by atoms with Crippen molar-refractivity contribution in [2.24, 2.45) is 5.92 Å². The van der Waals surface area contributed by atoms with Crippen LogP contribution in [0.1, 0.15) is 43.1 Å². The molecule has 1 fully saturated rings. The molecule has 0 aromatic heterocycles. The number of carboxylic acid groups (broad SMARTS) is 1. The van der Waals surface area contributed by atoms with Crippen molar-refractivity contribution in [2.45, 2.75) is 45.5 Å². The Bertz CT molecular complexity index is 890. The Morgan fingerprint density at radius 1 is 1.29 bits per heavy atom. The number of hydrogen-bond acceptors (Lipinski definition) is 6. The topological polar surface area (TPSA) is 97.7 Å². The highest BCUT2D eigenvalue weighted by atomic mass is 32.2. The Morgan fingerprint density at radius 3 is 2.48 bits per heavy atom. The van der Waals surface area contributed by atoms with E-state index in [9.17, 15) is 37.5 Å². The van der Waals surface area contributed by atoms with E-state index in [0.29, 0.717) is 6.07 Å². The molecule has 0 aliphatic carbocycles. The predicted octanol–water partition coefficient (Wildman–Crippen LogP) is 3.96. The Labute approximate surface area is 181 Å². The van der Waals surface area contributed by atoms with E-state index in [1.54, 1.807) is 0 Å². The minimum absolute atomic E-state index is 0.0509. The number of rotatable bonds is 5. The molecule has 11 heteroatoms. The van der Waals surface area contributed by atoms with Gasteiger partial charge in [-0.15, -0.1) is 0 Å². The van der Waals surface area contributed by atoms with E-state index in [0.717, 1.165) is 23.9 Å². The van der Waals surface area contributed by atoms with Gasteiger partial charge in [0, 0.05) is 19.1 Å². The Hall–Kier alpha value is -2.40. The van der Waals surface area contributed by atoms with Crippen LogP contribution in [0.4, 0.5) is 18.0 Å². The molecule has 4 atom stereocenters. The van der Waals surface area contributed by atoms with Crippen LogP contribution in [0.3, 0.4) is 0 Å². The van der Waals surface area contributed by atoms with Gasteiger partial charge in [0.05, 0.1) is 17.0 Å². The maximum absolute atomic E-state index is 13.0. The normalized spacial score (nSPS) is 24.5. The van der Waals surface area contributed by atoms with Gasteiger partial charge < -0.3 is 9.84 Å². The quantitative estimate of drug-likeness (QED) is 0.523. The van der Waals surface area contributed by atoms with Crippen molar-refractivity contribution in [3.05, 3.63) is 35.4 Å². The summed E-state index contributed by atoms with van der Waals surface area (Å²) in [5, 5.41) is 9.63. The highest BCUT2D eigenvalue weighted by molar-refractivity contribution is 8.13. The zero-order valence-electron chi connectivity index (χ0n) is 17.1. The molecule has 31 heavy (non-hydrogen) atoms. The summed E-state index contributed by atoms with van der Waals surface area (Å²) in [6.45, 7) is 4.06. The molecule has 1 aliphatic heterocycles. The first-order valence-corrected chi connectivity index (χ1v) is 10.4. The van der Waals surface area contributed by atoms with Gasteiger partial charge in [-0.1, -0.05) is 17.8 Å². The van der Waals surface area contributed by atoms with Gasteiger partial charge in [-0.3, -0.25) is 4.79 Å². The van der Waals surface area contributed by atoms with Crippen LogP contribution in [0.2, 0.25) is 0 Å². The molecule has 1 unspecified atom stereocenters. The lowest BCUT2D eigenvalue weighted by atomic mass is 10.1. The van der Waals surface area contributed by atoms with Gasteiger partial charge in [-0.05, 0) is 32.0 Å². The van der Waals surface area contributed by atoms with Gasteiger partial charge in [0.1, 0.15) is 12.6 Å². The molecule has 170 valence electrons. The average molecular weight is 462 g/mol. The van der Waals surface area contributed by atoms with Crippen LogP contribution in [-0.4, -0.2) is 57.1 Å². The molecular weight excluding hydrogens is 439 g/mol. The summed E-state index contributed by atoms with van der Waals surface area (Å²) in [5.41, 5.74) is -1.33. The number of nitrogens with zero attached hydrogens (tertiary/aromatic N) is 1. The molecule has 0 bridgehead atoms. The lowest BCUT2D eigenvalue weighted by Gasteiger charge is -2.31. The van der Waals surface area contributed by atoms with Crippen LogP contribution >= 0.6 is 11.8 Å². The van der Waals surface area contributed by atoms with Gasteiger partial charge in [-0.2, -0.15) is 22.4 Å². The van der Waals surface area contributed by atoms with Gasteiger partial charge in [0.25, 0.3) is 0 Å². The molecule has 1 heterocycles. The second-order valence-electron chi connectivity index (χ2n) is 7.57. The highest BCUT2D eigenvalue weighted by Gasteiger charge is 2.58. The second kappa shape index (κ2) is 9.39. The number of alkyl halides is 3. The Morgan fingerprint density at radius 2 is 1.94 bits per heavy atom. The first kappa shape index (κ1) is 24.9. The summed E-state index contributed by atoms with van der Waals surface area (Å²) >= 11 is 0.910. The third-order valence-electron chi connectivity index (χ3n) is 5.24. The lowest BCUT2D eigenvalue weighted by Crippen LogP contribution is -2.61. The standard InChI is InChI=1S/C20H22F3NO6S/c1-11(10-31-13(3)25)17(26)24(19(28)29)9-16(7-12(24)2)30-18(27)14-5-4-6-15(8-14)20(21,22)23/h4-6,8,11-12,16H,7,9-10H2,1-3H3/p+1/t11?,12-,16-,24-/m1/s1. The number of esters is 1. The molecule has 2 rings (SSSR count). The van der Waals surface area contributed by atoms with Crippen molar-refractivity contribution in [1.29, 1.82) is 0 Å². The molecular formula is C20H23F3NO6S+. The van der Waals surface area contributed by atoms with E-state index >= 15 is 0 Å². The Kier molecular flexibility index (Phi) is 7.53. The first-order valence-electron chi connectivity index (χ1n) is 9.46. The summed E-state index contributed by atoms with van der Waals surface area (Å²) in [6, 6.07) is 2.99. The number of benzene rings is 1. The van der Waals surface area contributed by atoms with E-state index in [-0.39, 0.29) is 29.4 Å². The first-order chi connectivity index (χ1) is 14.3. The van der Waals surface area contributed by atoms with Crippen molar-refractivity contribution in [3.8, 4) is 0 Å². The zero-order valence-corrected chi connectivity index (χ0v) is 18.0.